The summed E-state index contributed by atoms with van der Waals surface area (Å²) in [5, 5.41) is 16.1. The van der Waals surface area contributed by atoms with Crippen LogP contribution in [0.4, 0.5) is 0 Å². The van der Waals surface area contributed by atoms with Gasteiger partial charge in [0, 0.05) is 0 Å². The Morgan fingerprint density at radius 1 is 0.912 bits per heavy atom. The number of unbranched alkanes of at least 4 members (excludes halogenated alkanes) is 1. The highest BCUT2D eigenvalue weighted by Crippen LogP contribution is 2.06. The monoisotopic (exact) mass is 478 g/mol. The number of carboxylic acids is 1. The molecule has 0 radical (unpaired) electrons. The number of nitrogens with two attached hydrogens (primary N) is 3. The molecule has 1 rings (SSSR count). The van der Waals surface area contributed by atoms with Gasteiger partial charge in [-0.2, -0.15) is 0 Å². The van der Waals surface area contributed by atoms with Gasteiger partial charge in [0.2, 0.25) is 23.6 Å². The molecule has 12 nitrogen and oxygen atoms in total. The molecule has 188 valence electrons. The van der Waals surface area contributed by atoms with Crippen molar-refractivity contribution in [2.45, 2.75) is 63.2 Å². The SMILES string of the molecule is CC(NC(=O)C(CC(N)=O)NC(=O)C(CCCCN)NC(=O)C(N)Cc1ccccc1)C(=O)O. The molecule has 12 heteroatoms. The Balaban J connectivity index is 2.91. The largest absolute Gasteiger partial charge is 0.480 e. The molecule has 4 amide bonds. The summed E-state index contributed by atoms with van der Waals surface area (Å²) in [6.45, 7) is 1.61. The molecule has 0 aliphatic carbocycles. The van der Waals surface area contributed by atoms with Crippen molar-refractivity contribution in [1.82, 2.24) is 16.0 Å². The van der Waals surface area contributed by atoms with Crippen LogP contribution in [0.15, 0.2) is 30.3 Å². The van der Waals surface area contributed by atoms with E-state index >= 15 is 0 Å². The Bertz CT molecular complexity index is 850. The van der Waals surface area contributed by atoms with Crippen LogP contribution in [0.25, 0.3) is 0 Å². The third kappa shape index (κ3) is 10.4. The van der Waals surface area contributed by atoms with Gasteiger partial charge in [-0.3, -0.25) is 24.0 Å². The number of carbonyl (C=O) groups excluding carboxylic acids is 4. The molecule has 0 aromatic heterocycles. The number of hydrogen-bond donors (Lipinski definition) is 7. The van der Waals surface area contributed by atoms with Crippen molar-refractivity contribution in [2.24, 2.45) is 17.2 Å². The highest BCUT2D eigenvalue weighted by atomic mass is 16.4. The fourth-order valence-corrected chi connectivity index (χ4v) is 3.06. The zero-order chi connectivity index (χ0) is 25.7. The van der Waals surface area contributed by atoms with E-state index < -0.39 is 60.2 Å². The highest BCUT2D eigenvalue weighted by Gasteiger charge is 2.30. The summed E-state index contributed by atoms with van der Waals surface area (Å²) >= 11 is 0. The van der Waals surface area contributed by atoms with Crippen molar-refractivity contribution in [2.75, 3.05) is 6.54 Å². The summed E-state index contributed by atoms with van der Waals surface area (Å²) in [6, 6.07) is 4.47. The zero-order valence-electron chi connectivity index (χ0n) is 19.2. The van der Waals surface area contributed by atoms with Crippen LogP contribution in [0.2, 0.25) is 0 Å². The fraction of sp³-hybridized carbons (Fsp3) is 0.500. The van der Waals surface area contributed by atoms with Gasteiger partial charge in [-0.15, -0.1) is 0 Å². The minimum atomic E-state index is -1.42. The van der Waals surface area contributed by atoms with E-state index in [1.807, 2.05) is 30.3 Å². The summed E-state index contributed by atoms with van der Waals surface area (Å²) in [5.41, 5.74) is 17.5. The first-order valence-corrected chi connectivity index (χ1v) is 11.0. The maximum Gasteiger partial charge on any atom is 0.325 e. The lowest BCUT2D eigenvalue weighted by Crippen LogP contribution is -2.57. The summed E-state index contributed by atoms with van der Waals surface area (Å²) in [4.78, 5) is 60.4. The van der Waals surface area contributed by atoms with Gasteiger partial charge in [-0.05, 0) is 44.7 Å². The molecule has 0 heterocycles. The van der Waals surface area contributed by atoms with Crippen molar-refractivity contribution in [3.63, 3.8) is 0 Å². The van der Waals surface area contributed by atoms with Crippen LogP contribution in [-0.2, 0) is 30.4 Å². The molecule has 0 bridgehead atoms. The average molecular weight is 479 g/mol. The number of carbonyl (C=O) groups is 5. The summed E-state index contributed by atoms with van der Waals surface area (Å²) in [7, 11) is 0. The molecule has 10 N–H and O–H groups in total. The molecule has 0 aliphatic heterocycles. The Morgan fingerprint density at radius 2 is 1.50 bits per heavy atom. The molecule has 4 atom stereocenters. The van der Waals surface area contributed by atoms with Crippen molar-refractivity contribution in [3.05, 3.63) is 35.9 Å². The van der Waals surface area contributed by atoms with Gasteiger partial charge >= 0.3 is 5.97 Å². The molecule has 0 saturated heterocycles. The lowest BCUT2D eigenvalue weighted by Gasteiger charge is -2.24. The van der Waals surface area contributed by atoms with E-state index in [9.17, 15) is 24.0 Å². The number of amides is 4. The van der Waals surface area contributed by atoms with E-state index in [-0.39, 0.29) is 12.8 Å². The number of carboxylic acid groups (broad SMARTS) is 1. The second kappa shape index (κ2) is 14.6. The lowest BCUT2D eigenvalue weighted by molar-refractivity contribution is -0.142. The molecule has 34 heavy (non-hydrogen) atoms. The van der Waals surface area contributed by atoms with Gasteiger partial charge in [0.15, 0.2) is 0 Å². The zero-order valence-corrected chi connectivity index (χ0v) is 19.2. The Kier molecular flexibility index (Phi) is 12.2. The maximum absolute atomic E-state index is 12.9. The Labute approximate surface area is 198 Å². The minimum Gasteiger partial charge on any atom is -0.480 e. The first-order chi connectivity index (χ1) is 16.0. The van der Waals surface area contributed by atoms with Crippen molar-refractivity contribution in [3.8, 4) is 0 Å². The quantitative estimate of drug-likeness (QED) is 0.141. The van der Waals surface area contributed by atoms with Crippen LogP contribution in [0, 0.1) is 0 Å². The number of primary amides is 1. The first-order valence-electron chi connectivity index (χ1n) is 11.0. The Morgan fingerprint density at radius 3 is 2.06 bits per heavy atom. The van der Waals surface area contributed by atoms with Crippen LogP contribution >= 0.6 is 0 Å². The van der Waals surface area contributed by atoms with Crippen LogP contribution in [-0.4, -0.2) is 65.4 Å². The number of hydrogen-bond acceptors (Lipinski definition) is 7. The molecule has 4 unspecified atom stereocenters. The number of aliphatic carboxylic acids is 1. The smallest absolute Gasteiger partial charge is 0.325 e. The van der Waals surface area contributed by atoms with Gasteiger partial charge < -0.3 is 38.3 Å². The average Bonchev–Trinajstić information content (AvgIpc) is 2.78. The third-order valence-corrected chi connectivity index (χ3v) is 4.98. The van der Waals surface area contributed by atoms with E-state index in [1.54, 1.807) is 0 Å². The van der Waals surface area contributed by atoms with E-state index in [4.69, 9.17) is 22.3 Å². The standard InChI is InChI=1S/C22H34N6O6/c1-13(22(33)34)26-21(32)17(12-18(25)29)28-20(31)16(9-5-6-10-23)27-19(30)15(24)11-14-7-3-2-4-8-14/h2-4,7-8,13,15-17H,5-6,9-12,23-24H2,1H3,(H2,25,29)(H,26,32)(H,27,30)(H,28,31)(H,33,34). The molecule has 0 fully saturated rings. The molecule has 0 saturated carbocycles. The predicted molar refractivity (Wildman–Crippen MR) is 124 cm³/mol. The van der Waals surface area contributed by atoms with E-state index in [2.05, 4.69) is 16.0 Å². The topological polar surface area (TPSA) is 220 Å². The molecule has 0 aliphatic rings. The minimum absolute atomic E-state index is 0.212. The second-order valence-electron chi connectivity index (χ2n) is 7.94. The van der Waals surface area contributed by atoms with Crippen LogP contribution < -0.4 is 33.2 Å². The number of rotatable bonds is 15. The van der Waals surface area contributed by atoms with Gasteiger partial charge in [0.1, 0.15) is 18.1 Å². The van der Waals surface area contributed by atoms with E-state index in [1.165, 1.54) is 6.92 Å². The van der Waals surface area contributed by atoms with Gasteiger partial charge in [0.05, 0.1) is 12.5 Å². The molecule has 0 spiro atoms. The first kappa shape index (κ1) is 28.5. The maximum atomic E-state index is 12.9. The summed E-state index contributed by atoms with van der Waals surface area (Å²) < 4.78 is 0. The van der Waals surface area contributed by atoms with Crippen molar-refractivity contribution >= 4 is 29.6 Å². The highest BCUT2D eigenvalue weighted by molar-refractivity contribution is 5.96. The van der Waals surface area contributed by atoms with Crippen LogP contribution in [0.3, 0.4) is 0 Å². The number of nitrogens with one attached hydrogen (secondary N) is 3. The number of benzene rings is 1. The van der Waals surface area contributed by atoms with Gasteiger partial charge in [-0.25, -0.2) is 0 Å². The third-order valence-electron chi connectivity index (χ3n) is 4.98. The second-order valence-corrected chi connectivity index (χ2v) is 7.94. The summed E-state index contributed by atoms with van der Waals surface area (Å²) in [6.07, 6.45) is 1.01. The lowest BCUT2D eigenvalue weighted by atomic mass is 10.0. The predicted octanol–water partition coefficient (Wildman–Crippen LogP) is -1.88. The fourth-order valence-electron chi connectivity index (χ4n) is 3.06. The van der Waals surface area contributed by atoms with E-state index in [0.717, 1.165) is 5.56 Å². The van der Waals surface area contributed by atoms with Crippen molar-refractivity contribution < 1.29 is 29.1 Å². The van der Waals surface area contributed by atoms with Gasteiger partial charge in [-0.1, -0.05) is 30.3 Å². The molecular formula is C22H34N6O6. The van der Waals surface area contributed by atoms with Crippen LogP contribution in [0.5, 0.6) is 0 Å². The molecule has 1 aromatic rings. The Hall–Kier alpha value is -3.51. The normalized spacial score (nSPS) is 14.2. The van der Waals surface area contributed by atoms with E-state index in [0.29, 0.717) is 19.4 Å². The van der Waals surface area contributed by atoms with Crippen LogP contribution in [0.1, 0.15) is 38.2 Å². The summed E-state index contributed by atoms with van der Waals surface area (Å²) in [5.74, 6) is -4.36. The van der Waals surface area contributed by atoms with Crippen molar-refractivity contribution in [1.29, 1.82) is 0 Å². The van der Waals surface area contributed by atoms with Gasteiger partial charge in [0.25, 0.3) is 0 Å². The molecule has 1 aromatic carbocycles. The molecular weight excluding hydrogens is 444 g/mol.